The molecule has 1 aromatic carbocycles. The number of ether oxygens (including phenoxy) is 2. The van der Waals surface area contributed by atoms with Crippen LogP contribution in [0.5, 0.6) is 11.8 Å². The molecule has 0 aliphatic carbocycles. The molecule has 3 rings (SSSR count). The van der Waals surface area contributed by atoms with Gasteiger partial charge >= 0.3 is 6.01 Å². The van der Waals surface area contributed by atoms with Crippen LogP contribution in [0.2, 0.25) is 0 Å². The average Bonchev–Trinajstić information content (AvgIpc) is 2.80. The number of fused-ring (bicyclic) bond motifs is 1. The molecule has 1 aromatic heterocycles. The van der Waals surface area contributed by atoms with E-state index >= 15 is 0 Å². The Bertz CT molecular complexity index is 787. The van der Waals surface area contributed by atoms with Crippen molar-refractivity contribution in [1.29, 1.82) is 0 Å². The molecule has 2 aromatic rings. The third kappa shape index (κ3) is 3.11. The molecule has 0 fully saturated rings. The minimum absolute atomic E-state index is 0.0131. The van der Waals surface area contributed by atoms with Crippen LogP contribution in [0.3, 0.4) is 0 Å². The number of aromatic nitrogens is 2. The van der Waals surface area contributed by atoms with E-state index in [1.54, 1.807) is 0 Å². The second-order valence-electron chi connectivity index (χ2n) is 6.45. The number of carbonyl (C=O) groups is 1. The molecule has 0 radical (unpaired) electrons. The fourth-order valence-corrected chi connectivity index (χ4v) is 2.30. The van der Waals surface area contributed by atoms with Crippen LogP contribution in [-0.4, -0.2) is 28.2 Å². The average molecular weight is 314 g/mol. The van der Waals surface area contributed by atoms with E-state index in [4.69, 9.17) is 9.47 Å². The van der Waals surface area contributed by atoms with E-state index in [1.165, 1.54) is 22.4 Å². The summed E-state index contributed by atoms with van der Waals surface area (Å²) in [5.74, 6) is 0.367. The summed E-state index contributed by atoms with van der Waals surface area (Å²) in [6, 6.07) is 8.98. The van der Waals surface area contributed by atoms with Gasteiger partial charge in [-0.25, -0.2) is 4.57 Å². The Morgan fingerprint density at radius 2 is 1.87 bits per heavy atom. The minimum Gasteiger partial charge on any atom is -0.489 e. The van der Waals surface area contributed by atoms with Gasteiger partial charge < -0.3 is 9.47 Å². The van der Waals surface area contributed by atoms with Gasteiger partial charge in [-0.1, -0.05) is 32.9 Å². The summed E-state index contributed by atoms with van der Waals surface area (Å²) in [7, 11) is 0. The zero-order valence-corrected chi connectivity index (χ0v) is 13.3. The van der Waals surface area contributed by atoms with E-state index in [2.05, 4.69) is 25.8 Å². The molecule has 23 heavy (non-hydrogen) atoms. The standard InChI is InChI=1S/C17H18N2O4/c1-17(2,3)11-4-6-12(7-5-11)22-10-13-15(21)19-9-8-14(20)18-16(19)23-13/h4-9,13H,10H2,1-3H3/t13-/m0/s1. The van der Waals surface area contributed by atoms with Crippen molar-refractivity contribution >= 4 is 5.91 Å². The Hall–Kier alpha value is -2.63. The lowest BCUT2D eigenvalue weighted by molar-refractivity contribution is 0.0726. The van der Waals surface area contributed by atoms with Crippen LogP contribution in [-0.2, 0) is 5.41 Å². The Kier molecular flexibility index (Phi) is 3.67. The molecule has 0 N–H and O–H groups in total. The highest BCUT2D eigenvalue weighted by molar-refractivity contribution is 5.86. The summed E-state index contributed by atoms with van der Waals surface area (Å²) in [5.41, 5.74) is 0.833. The number of hydrogen-bond donors (Lipinski definition) is 0. The first-order valence-corrected chi connectivity index (χ1v) is 7.38. The van der Waals surface area contributed by atoms with Gasteiger partial charge in [0, 0.05) is 12.3 Å². The summed E-state index contributed by atoms with van der Waals surface area (Å²) in [6.45, 7) is 6.48. The van der Waals surface area contributed by atoms with Gasteiger partial charge in [-0.3, -0.25) is 9.59 Å². The summed E-state index contributed by atoms with van der Waals surface area (Å²) >= 11 is 0. The third-order valence-corrected chi connectivity index (χ3v) is 3.66. The first kappa shape index (κ1) is 15.3. The number of hydrogen-bond acceptors (Lipinski definition) is 5. The summed E-state index contributed by atoms with van der Waals surface area (Å²) in [4.78, 5) is 27.0. The minimum atomic E-state index is -0.799. The zero-order valence-electron chi connectivity index (χ0n) is 13.3. The predicted molar refractivity (Wildman–Crippen MR) is 84.2 cm³/mol. The van der Waals surface area contributed by atoms with Gasteiger partial charge in [-0.05, 0) is 23.1 Å². The lowest BCUT2D eigenvalue weighted by Crippen LogP contribution is -2.30. The molecule has 0 unspecified atom stereocenters. The van der Waals surface area contributed by atoms with E-state index < -0.39 is 11.7 Å². The molecule has 0 saturated carbocycles. The number of rotatable bonds is 3. The first-order chi connectivity index (χ1) is 10.8. The maximum absolute atomic E-state index is 12.1. The van der Waals surface area contributed by atoms with Crippen molar-refractivity contribution in [2.45, 2.75) is 32.3 Å². The Morgan fingerprint density at radius 1 is 1.17 bits per heavy atom. The maximum Gasteiger partial charge on any atom is 0.307 e. The van der Waals surface area contributed by atoms with Gasteiger partial charge in [0.25, 0.3) is 11.5 Å². The van der Waals surface area contributed by atoms with Crippen LogP contribution in [0, 0.1) is 0 Å². The van der Waals surface area contributed by atoms with Crippen molar-refractivity contribution in [3.8, 4) is 11.8 Å². The Balaban J connectivity index is 1.66. The van der Waals surface area contributed by atoms with Gasteiger partial charge in [-0.15, -0.1) is 0 Å². The molecular formula is C17H18N2O4. The predicted octanol–water partition coefficient (Wildman–Crippen LogP) is 2.02. The second kappa shape index (κ2) is 5.53. The fourth-order valence-electron chi connectivity index (χ4n) is 2.30. The van der Waals surface area contributed by atoms with Crippen molar-refractivity contribution in [2.75, 3.05) is 6.61 Å². The lowest BCUT2D eigenvalue weighted by atomic mass is 9.87. The van der Waals surface area contributed by atoms with Crippen LogP contribution < -0.4 is 15.0 Å². The molecule has 0 spiro atoms. The van der Waals surface area contributed by atoms with E-state index in [0.717, 1.165) is 0 Å². The molecule has 0 saturated heterocycles. The third-order valence-electron chi connectivity index (χ3n) is 3.66. The van der Waals surface area contributed by atoms with Crippen LogP contribution in [0.4, 0.5) is 0 Å². The lowest BCUT2D eigenvalue weighted by Gasteiger charge is -2.19. The van der Waals surface area contributed by atoms with Gasteiger partial charge in [0.05, 0.1) is 0 Å². The Labute approximate surface area is 133 Å². The molecule has 0 bridgehead atoms. The smallest absolute Gasteiger partial charge is 0.307 e. The van der Waals surface area contributed by atoms with Gasteiger partial charge in [0.1, 0.15) is 12.4 Å². The summed E-state index contributed by atoms with van der Waals surface area (Å²) in [6.07, 6.45) is 0.567. The molecular weight excluding hydrogens is 296 g/mol. The molecule has 2 heterocycles. The van der Waals surface area contributed by atoms with Crippen molar-refractivity contribution in [3.05, 3.63) is 52.4 Å². The van der Waals surface area contributed by atoms with Crippen molar-refractivity contribution in [1.82, 2.24) is 9.55 Å². The van der Waals surface area contributed by atoms with Crippen molar-refractivity contribution in [3.63, 3.8) is 0 Å². The molecule has 120 valence electrons. The number of nitrogens with zero attached hydrogens (tertiary/aromatic N) is 2. The zero-order chi connectivity index (χ0) is 16.6. The SMILES string of the molecule is CC(C)(C)c1ccc(OC[C@@H]2Oc3nc(=O)ccn3C2=O)cc1. The Morgan fingerprint density at radius 3 is 2.52 bits per heavy atom. The largest absolute Gasteiger partial charge is 0.489 e. The highest BCUT2D eigenvalue weighted by atomic mass is 16.6. The molecule has 1 aliphatic heterocycles. The van der Waals surface area contributed by atoms with E-state index in [0.29, 0.717) is 5.75 Å². The highest BCUT2D eigenvalue weighted by Crippen LogP contribution is 2.25. The van der Waals surface area contributed by atoms with E-state index in [9.17, 15) is 9.59 Å². The second-order valence-corrected chi connectivity index (χ2v) is 6.45. The molecule has 0 amide bonds. The van der Waals surface area contributed by atoms with Crippen LogP contribution in [0.15, 0.2) is 41.3 Å². The highest BCUT2D eigenvalue weighted by Gasteiger charge is 2.33. The molecule has 6 nitrogen and oxygen atoms in total. The normalized spacial score (nSPS) is 16.8. The van der Waals surface area contributed by atoms with Gasteiger partial charge in [0.2, 0.25) is 6.10 Å². The van der Waals surface area contributed by atoms with E-state index in [1.807, 2.05) is 24.3 Å². The van der Waals surface area contributed by atoms with Gasteiger partial charge in [0.15, 0.2) is 0 Å². The first-order valence-electron chi connectivity index (χ1n) is 7.38. The molecule has 6 heteroatoms. The van der Waals surface area contributed by atoms with Crippen molar-refractivity contribution in [2.24, 2.45) is 0 Å². The maximum atomic E-state index is 12.1. The monoisotopic (exact) mass is 314 g/mol. The fraction of sp³-hybridized carbons (Fsp3) is 0.353. The topological polar surface area (TPSA) is 70.4 Å². The van der Waals surface area contributed by atoms with Crippen LogP contribution in [0.25, 0.3) is 0 Å². The summed E-state index contributed by atoms with van der Waals surface area (Å²) in [5, 5.41) is 0. The van der Waals surface area contributed by atoms with Crippen molar-refractivity contribution < 1.29 is 14.3 Å². The summed E-state index contributed by atoms with van der Waals surface area (Å²) < 4.78 is 12.2. The number of carbonyl (C=O) groups excluding carboxylic acids is 1. The van der Waals surface area contributed by atoms with Gasteiger partial charge in [-0.2, -0.15) is 4.98 Å². The number of benzene rings is 1. The molecule has 1 aliphatic rings. The van der Waals surface area contributed by atoms with E-state index in [-0.39, 0.29) is 23.9 Å². The van der Waals surface area contributed by atoms with Crippen LogP contribution >= 0.6 is 0 Å². The quantitative estimate of drug-likeness (QED) is 0.867. The molecule has 1 atom stereocenters. The van der Waals surface area contributed by atoms with Crippen LogP contribution in [0.1, 0.15) is 31.1 Å².